The van der Waals surface area contributed by atoms with Gasteiger partial charge in [-0.2, -0.15) is 0 Å². The number of hydrogen-bond acceptors (Lipinski definition) is 2. The predicted molar refractivity (Wildman–Crippen MR) is 87.0 cm³/mol. The Labute approximate surface area is 120 Å². The van der Waals surface area contributed by atoms with Crippen LogP contribution in [-0.2, 0) is 0 Å². The van der Waals surface area contributed by atoms with E-state index in [0.29, 0.717) is 0 Å². The topological polar surface area (TPSA) is 12.0 Å². The van der Waals surface area contributed by atoms with Crippen LogP contribution in [0.2, 0.25) is 0 Å². The predicted octanol–water partition coefficient (Wildman–Crippen LogP) is 5.80. The van der Waals surface area contributed by atoms with Gasteiger partial charge in [-0.05, 0) is 23.9 Å². The largest absolute Gasteiger partial charge is 0.385 e. The second kappa shape index (κ2) is 8.00. The van der Waals surface area contributed by atoms with Crippen LogP contribution >= 0.6 is 11.3 Å². The van der Waals surface area contributed by atoms with Crippen molar-refractivity contribution in [2.24, 2.45) is 0 Å². The van der Waals surface area contributed by atoms with Gasteiger partial charge in [-0.3, -0.25) is 0 Å². The molecule has 1 aromatic carbocycles. The van der Waals surface area contributed by atoms with Gasteiger partial charge in [0.2, 0.25) is 0 Å². The highest BCUT2D eigenvalue weighted by Crippen LogP contribution is 2.31. The highest BCUT2D eigenvalue weighted by atomic mass is 32.1. The zero-order valence-corrected chi connectivity index (χ0v) is 12.5. The molecule has 0 saturated carbocycles. The number of unbranched alkanes of at least 4 members (excludes halogenated alkanes) is 4. The minimum Gasteiger partial charge on any atom is -0.385 e. The first-order valence-corrected chi connectivity index (χ1v) is 8.16. The SMILES string of the molecule is CCCCCCCNc1ccccc1-c1cccs1. The van der Waals surface area contributed by atoms with Crippen molar-refractivity contribution in [1.29, 1.82) is 0 Å². The second-order valence-corrected chi connectivity index (χ2v) is 5.81. The monoisotopic (exact) mass is 273 g/mol. The summed E-state index contributed by atoms with van der Waals surface area (Å²) in [6.45, 7) is 3.33. The number of rotatable bonds is 8. The highest BCUT2D eigenvalue weighted by molar-refractivity contribution is 7.13. The normalized spacial score (nSPS) is 10.6. The molecule has 0 amide bonds. The summed E-state index contributed by atoms with van der Waals surface area (Å²) < 4.78 is 0. The van der Waals surface area contributed by atoms with Gasteiger partial charge in [0.05, 0.1) is 0 Å². The Kier molecular flexibility index (Phi) is 5.96. The van der Waals surface area contributed by atoms with E-state index in [0.717, 1.165) is 6.54 Å². The fourth-order valence-corrected chi connectivity index (χ4v) is 3.00. The number of benzene rings is 1. The van der Waals surface area contributed by atoms with Crippen molar-refractivity contribution in [1.82, 2.24) is 0 Å². The average molecular weight is 273 g/mol. The number of hydrogen-bond donors (Lipinski definition) is 1. The standard InChI is InChI=1S/C17H23NS/c1-2-3-4-5-8-13-18-16-11-7-6-10-15(16)17-12-9-14-19-17/h6-7,9-12,14,18H,2-5,8,13H2,1H3. The van der Waals surface area contributed by atoms with E-state index in [4.69, 9.17) is 0 Å². The van der Waals surface area contributed by atoms with Gasteiger partial charge in [0, 0.05) is 22.7 Å². The lowest BCUT2D eigenvalue weighted by atomic mass is 10.1. The lowest BCUT2D eigenvalue weighted by Crippen LogP contribution is -2.02. The summed E-state index contributed by atoms with van der Waals surface area (Å²) in [5.74, 6) is 0. The van der Waals surface area contributed by atoms with Crippen molar-refractivity contribution >= 4 is 17.0 Å². The number of thiophene rings is 1. The lowest BCUT2D eigenvalue weighted by Gasteiger charge is -2.10. The van der Waals surface area contributed by atoms with Gasteiger partial charge in [-0.15, -0.1) is 11.3 Å². The van der Waals surface area contributed by atoms with Gasteiger partial charge < -0.3 is 5.32 Å². The molecule has 1 heterocycles. The van der Waals surface area contributed by atoms with E-state index in [1.54, 1.807) is 11.3 Å². The van der Waals surface area contributed by atoms with Gasteiger partial charge in [0.15, 0.2) is 0 Å². The quantitative estimate of drug-likeness (QED) is 0.599. The van der Waals surface area contributed by atoms with E-state index in [9.17, 15) is 0 Å². The van der Waals surface area contributed by atoms with Gasteiger partial charge in [0.1, 0.15) is 0 Å². The molecule has 102 valence electrons. The first kappa shape index (κ1) is 14.1. The van der Waals surface area contributed by atoms with Crippen molar-refractivity contribution in [2.45, 2.75) is 39.0 Å². The Morgan fingerprint density at radius 3 is 2.58 bits per heavy atom. The Hall–Kier alpha value is -1.28. The molecule has 0 saturated heterocycles. The first-order valence-electron chi connectivity index (χ1n) is 7.28. The fourth-order valence-electron chi connectivity index (χ4n) is 2.24. The molecule has 2 rings (SSSR count). The maximum absolute atomic E-state index is 3.59. The van der Waals surface area contributed by atoms with E-state index >= 15 is 0 Å². The van der Waals surface area contributed by atoms with Crippen LogP contribution in [0.3, 0.4) is 0 Å². The van der Waals surface area contributed by atoms with Crippen LogP contribution in [0, 0.1) is 0 Å². The zero-order valence-electron chi connectivity index (χ0n) is 11.7. The summed E-state index contributed by atoms with van der Waals surface area (Å²) in [4.78, 5) is 1.34. The highest BCUT2D eigenvalue weighted by Gasteiger charge is 2.04. The molecule has 0 unspecified atom stereocenters. The Morgan fingerprint density at radius 2 is 1.79 bits per heavy atom. The molecule has 0 aliphatic heterocycles. The summed E-state index contributed by atoms with van der Waals surface area (Å²) in [6.07, 6.45) is 6.64. The van der Waals surface area contributed by atoms with E-state index in [2.05, 4.69) is 54.0 Å². The molecule has 1 nitrogen and oxygen atoms in total. The van der Waals surface area contributed by atoms with Gasteiger partial charge in [0.25, 0.3) is 0 Å². The summed E-state index contributed by atoms with van der Waals surface area (Å²) in [7, 11) is 0. The third-order valence-electron chi connectivity index (χ3n) is 3.31. The first-order chi connectivity index (χ1) is 9.42. The van der Waals surface area contributed by atoms with E-state index in [1.807, 2.05) is 0 Å². The van der Waals surface area contributed by atoms with E-state index in [1.165, 1.54) is 48.2 Å². The number of nitrogens with one attached hydrogen (secondary N) is 1. The van der Waals surface area contributed by atoms with Crippen LogP contribution in [0.25, 0.3) is 10.4 Å². The molecule has 1 aromatic heterocycles. The van der Waals surface area contributed by atoms with E-state index < -0.39 is 0 Å². The van der Waals surface area contributed by atoms with Crippen LogP contribution in [0.5, 0.6) is 0 Å². The molecule has 0 bridgehead atoms. The van der Waals surface area contributed by atoms with Crippen LogP contribution in [-0.4, -0.2) is 6.54 Å². The van der Waals surface area contributed by atoms with Gasteiger partial charge in [-0.25, -0.2) is 0 Å². The van der Waals surface area contributed by atoms with Gasteiger partial charge in [-0.1, -0.05) is 56.9 Å². The van der Waals surface area contributed by atoms with Crippen molar-refractivity contribution in [3.63, 3.8) is 0 Å². The third kappa shape index (κ3) is 4.39. The summed E-state index contributed by atoms with van der Waals surface area (Å²) in [6, 6.07) is 12.9. The lowest BCUT2D eigenvalue weighted by molar-refractivity contribution is 0.645. The minimum atomic E-state index is 1.08. The van der Waals surface area contributed by atoms with E-state index in [-0.39, 0.29) is 0 Å². The van der Waals surface area contributed by atoms with Crippen molar-refractivity contribution in [3.8, 4) is 10.4 Å². The molecule has 2 aromatic rings. The Bertz CT molecular complexity index is 462. The number of para-hydroxylation sites is 1. The summed E-state index contributed by atoms with van der Waals surface area (Å²) >= 11 is 1.80. The maximum atomic E-state index is 3.59. The smallest absolute Gasteiger partial charge is 0.0428 e. The van der Waals surface area contributed by atoms with Crippen LogP contribution < -0.4 is 5.32 Å². The van der Waals surface area contributed by atoms with Crippen LogP contribution in [0.15, 0.2) is 41.8 Å². The molecule has 0 aliphatic rings. The molecular formula is C17H23NS. The third-order valence-corrected chi connectivity index (χ3v) is 4.21. The van der Waals surface area contributed by atoms with Crippen molar-refractivity contribution in [3.05, 3.63) is 41.8 Å². The minimum absolute atomic E-state index is 1.08. The average Bonchev–Trinajstić information content (AvgIpc) is 2.97. The molecular weight excluding hydrogens is 250 g/mol. The summed E-state index contributed by atoms with van der Waals surface area (Å²) in [5, 5.41) is 5.72. The Morgan fingerprint density at radius 1 is 0.947 bits per heavy atom. The van der Waals surface area contributed by atoms with Crippen molar-refractivity contribution in [2.75, 3.05) is 11.9 Å². The Balaban J connectivity index is 1.87. The second-order valence-electron chi connectivity index (χ2n) is 4.86. The molecule has 1 N–H and O–H groups in total. The summed E-state index contributed by atoms with van der Waals surface area (Å²) in [5.41, 5.74) is 2.59. The molecule has 0 spiro atoms. The van der Waals surface area contributed by atoms with Crippen molar-refractivity contribution < 1.29 is 0 Å². The molecule has 2 heteroatoms. The van der Waals surface area contributed by atoms with Crippen LogP contribution in [0.4, 0.5) is 5.69 Å². The zero-order chi connectivity index (χ0) is 13.3. The fraction of sp³-hybridized carbons (Fsp3) is 0.412. The molecule has 0 fully saturated rings. The molecule has 19 heavy (non-hydrogen) atoms. The van der Waals surface area contributed by atoms with Crippen LogP contribution in [0.1, 0.15) is 39.0 Å². The maximum Gasteiger partial charge on any atom is 0.0428 e. The molecule has 0 aliphatic carbocycles. The molecule has 0 atom stereocenters. The molecule has 0 radical (unpaired) electrons. The number of anilines is 1. The van der Waals surface area contributed by atoms with Gasteiger partial charge >= 0.3 is 0 Å².